The minimum atomic E-state index is -0.0275. The molecule has 0 aliphatic carbocycles. The molecule has 0 unspecified atom stereocenters. The van der Waals surface area contributed by atoms with Crippen LogP contribution in [-0.2, 0) is 11.2 Å². The number of hydrogen-bond acceptors (Lipinski definition) is 6. The molecule has 4 rings (SSSR count). The number of aromatic nitrogens is 3. The van der Waals surface area contributed by atoms with E-state index in [1.807, 2.05) is 38.1 Å². The summed E-state index contributed by atoms with van der Waals surface area (Å²) in [6.45, 7) is 3.82. The van der Waals surface area contributed by atoms with Crippen LogP contribution in [0.3, 0.4) is 0 Å². The van der Waals surface area contributed by atoms with Crippen LogP contribution in [0.15, 0.2) is 47.0 Å². The molecule has 7 heteroatoms. The van der Waals surface area contributed by atoms with Crippen LogP contribution >= 0.6 is 0 Å². The lowest BCUT2D eigenvalue weighted by atomic mass is 10.1. The smallest absolute Gasteiger partial charge is 0.258 e. The number of fused-ring (bicyclic) bond motifs is 1. The number of aryl methyl sites for hydroxylation is 1. The highest BCUT2D eigenvalue weighted by Gasteiger charge is 2.14. The SMILES string of the molecule is CC(C)Oc1ccc(-c2nc(-c3ccc4[nH]c(CCC=O)cc4c3)no2)cc1C#N. The summed E-state index contributed by atoms with van der Waals surface area (Å²) >= 11 is 0. The van der Waals surface area contributed by atoms with E-state index in [1.165, 1.54) is 0 Å². The van der Waals surface area contributed by atoms with Gasteiger partial charge < -0.3 is 19.0 Å². The number of ether oxygens (including phenoxy) is 1. The Kier molecular flexibility index (Phi) is 5.31. The number of H-pyrrole nitrogens is 1. The number of rotatable bonds is 7. The van der Waals surface area contributed by atoms with Crippen LogP contribution in [0.5, 0.6) is 5.75 Å². The van der Waals surface area contributed by atoms with Crippen molar-refractivity contribution in [3.8, 4) is 34.7 Å². The van der Waals surface area contributed by atoms with E-state index in [-0.39, 0.29) is 6.10 Å². The number of carbonyl (C=O) groups excluding carboxylic acids is 1. The van der Waals surface area contributed by atoms with Crippen LogP contribution in [0.2, 0.25) is 0 Å². The highest BCUT2D eigenvalue weighted by molar-refractivity contribution is 5.85. The van der Waals surface area contributed by atoms with Gasteiger partial charge in [-0.15, -0.1) is 0 Å². The van der Waals surface area contributed by atoms with Gasteiger partial charge in [-0.1, -0.05) is 5.16 Å². The van der Waals surface area contributed by atoms with Gasteiger partial charge in [0, 0.05) is 34.1 Å². The number of benzene rings is 2. The van der Waals surface area contributed by atoms with Gasteiger partial charge in [0.15, 0.2) is 0 Å². The van der Waals surface area contributed by atoms with Crippen molar-refractivity contribution in [2.45, 2.75) is 32.8 Å². The molecule has 0 aliphatic rings. The molecule has 4 aromatic rings. The summed E-state index contributed by atoms with van der Waals surface area (Å²) < 4.78 is 11.1. The predicted molar refractivity (Wildman–Crippen MR) is 112 cm³/mol. The molecule has 150 valence electrons. The van der Waals surface area contributed by atoms with Crippen LogP contribution in [0.4, 0.5) is 0 Å². The summed E-state index contributed by atoms with van der Waals surface area (Å²) in [5, 5.41) is 14.5. The molecule has 2 aromatic carbocycles. The average Bonchev–Trinajstić information content (AvgIpc) is 3.38. The number of carbonyl (C=O) groups is 1. The van der Waals surface area contributed by atoms with Gasteiger partial charge in [-0.05, 0) is 62.7 Å². The van der Waals surface area contributed by atoms with Crippen molar-refractivity contribution in [1.29, 1.82) is 5.26 Å². The first-order valence-electron chi connectivity index (χ1n) is 9.68. The first-order chi connectivity index (χ1) is 14.6. The van der Waals surface area contributed by atoms with E-state index in [0.29, 0.717) is 41.4 Å². The maximum atomic E-state index is 10.6. The molecule has 2 aromatic heterocycles. The third kappa shape index (κ3) is 3.94. The van der Waals surface area contributed by atoms with E-state index in [0.717, 1.165) is 28.4 Å². The topological polar surface area (TPSA) is 105 Å². The molecule has 0 spiro atoms. The minimum Gasteiger partial charge on any atom is -0.490 e. The molecule has 0 atom stereocenters. The van der Waals surface area contributed by atoms with E-state index in [1.54, 1.807) is 18.2 Å². The van der Waals surface area contributed by atoms with Crippen molar-refractivity contribution < 1.29 is 14.1 Å². The molecule has 0 fully saturated rings. The second kappa shape index (κ2) is 8.21. The maximum absolute atomic E-state index is 10.6. The standard InChI is InChI=1S/C23H20N4O3/c1-14(2)29-21-8-6-16(11-18(21)13-24)23-26-22(27-30-23)15-5-7-20-17(10-15)12-19(25-20)4-3-9-28/h5-12,14,25H,3-4H2,1-2H3. The lowest BCUT2D eigenvalue weighted by Gasteiger charge is -2.11. The number of hydrogen-bond donors (Lipinski definition) is 1. The second-order valence-electron chi connectivity index (χ2n) is 7.21. The highest BCUT2D eigenvalue weighted by atomic mass is 16.5. The molecular weight excluding hydrogens is 380 g/mol. The van der Waals surface area contributed by atoms with Crippen molar-refractivity contribution in [2.75, 3.05) is 0 Å². The zero-order valence-electron chi connectivity index (χ0n) is 16.7. The molecule has 2 heterocycles. The Balaban J connectivity index is 1.62. The summed E-state index contributed by atoms with van der Waals surface area (Å²) in [6, 6.07) is 15.2. The zero-order chi connectivity index (χ0) is 21.1. The van der Waals surface area contributed by atoms with Crippen LogP contribution in [-0.4, -0.2) is 27.5 Å². The van der Waals surface area contributed by atoms with Gasteiger partial charge in [-0.2, -0.15) is 10.2 Å². The Hall–Kier alpha value is -3.92. The molecule has 0 bridgehead atoms. The lowest BCUT2D eigenvalue weighted by Crippen LogP contribution is -2.06. The van der Waals surface area contributed by atoms with E-state index >= 15 is 0 Å². The predicted octanol–water partition coefficient (Wildman–Crippen LogP) is 4.68. The number of nitrogens with one attached hydrogen (secondary N) is 1. The van der Waals surface area contributed by atoms with Gasteiger partial charge in [0.05, 0.1) is 11.7 Å². The largest absolute Gasteiger partial charge is 0.490 e. The molecule has 0 saturated heterocycles. The van der Waals surface area contributed by atoms with Gasteiger partial charge in [0.25, 0.3) is 5.89 Å². The molecule has 7 nitrogen and oxygen atoms in total. The summed E-state index contributed by atoms with van der Waals surface area (Å²) in [5.74, 6) is 1.32. The molecule has 0 aliphatic heterocycles. The van der Waals surface area contributed by atoms with E-state index < -0.39 is 0 Å². The summed E-state index contributed by atoms with van der Waals surface area (Å²) in [4.78, 5) is 18.4. The number of nitrogens with zero attached hydrogens (tertiary/aromatic N) is 3. The summed E-state index contributed by atoms with van der Waals surface area (Å²) in [5.41, 5.74) is 3.88. The molecule has 0 saturated carbocycles. The number of aldehydes is 1. The summed E-state index contributed by atoms with van der Waals surface area (Å²) in [6.07, 6.45) is 2.05. The first kappa shape index (κ1) is 19.4. The Morgan fingerprint density at radius 2 is 2.03 bits per heavy atom. The second-order valence-corrected chi connectivity index (χ2v) is 7.21. The maximum Gasteiger partial charge on any atom is 0.258 e. The van der Waals surface area contributed by atoms with Gasteiger partial charge in [0.2, 0.25) is 5.82 Å². The number of nitriles is 1. The van der Waals surface area contributed by atoms with E-state index in [2.05, 4.69) is 21.2 Å². The van der Waals surface area contributed by atoms with E-state index in [9.17, 15) is 10.1 Å². The lowest BCUT2D eigenvalue weighted by molar-refractivity contribution is -0.107. The molecule has 0 amide bonds. The van der Waals surface area contributed by atoms with Gasteiger partial charge in [0.1, 0.15) is 18.1 Å². The van der Waals surface area contributed by atoms with Crippen molar-refractivity contribution in [2.24, 2.45) is 0 Å². The zero-order valence-corrected chi connectivity index (χ0v) is 16.7. The van der Waals surface area contributed by atoms with Crippen LogP contribution < -0.4 is 4.74 Å². The van der Waals surface area contributed by atoms with Gasteiger partial charge >= 0.3 is 0 Å². The fourth-order valence-corrected chi connectivity index (χ4v) is 3.25. The quantitative estimate of drug-likeness (QED) is 0.452. The van der Waals surface area contributed by atoms with Crippen LogP contribution in [0.25, 0.3) is 33.7 Å². The Morgan fingerprint density at radius 1 is 1.20 bits per heavy atom. The molecule has 0 radical (unpaired) electrons. The first-order valence-corrected chi connectivity index (χ1v) is 9.68. The third-order valence-electron chi connectivity index (χ3n) is 4.60. The Labute approximate surface area is 173 Å². The van der Waals surface area contributed by atoms with Crippen molar-refractivity contribution >= 4 is 17.2 Å². The van der Waals surface area contributed by atoms with Crippen molar-refractivity contribution in [3.05, 3.63) is 53.7 Å². The Morgan fingerprint density at radius 3 is 2.80 bits per heavy atom. The third-order valence-corrected chi connectivity index (χ3v) is 4.60. The molecular formula is C23H20N4O3. The fourth-order valence-electron chi connectivity index (χ4n) is 3.25. The van der Waals surface area contributed by atoms with Crippen LogP contribution in [0.1, 0.15) is 31.5 Å². The fraction of sp³-hybridized carbons (Fsp3) is 0.217. The highest BCUT2D eigenvalue weighted by Crippen LogP contribution is 2.29. The van der Waals surface area contributed by atoms with Crippen molar-refractivity contribution in [3.63, 3.8) is 0 Å². The monoisotopic (exact) mass is 400 g/mol. The van der Waals surface area contributed by atoms with Crippen molar-refractivity contribution in [1.82, 2.24) is 15.1 Å². The van der Waals surface area contributed by atoms with Gasteiger partial charge in [-0.3, -0.25) is 0 Å². The van der Waals surface area contributed by atoms with E-state index in [4.69, 9.17) is 9.26 Å². The normalized spacial score (nSPS) is 11.0. The Bertz CT molecular complexity index is 1250. The van der Waals surface area contributed by atoms with Crippen LogP contribution in [0, 0.1) is 11.3 Å². The van der Waals surface area contributed by atoms with Gasteiger partial charge in [-0.25, -0.2) is 0 Å². The average molecular weight is 400 g/mol. The molecule has 30 heavy (non-hydrogen) atoms. The minimum absolute atomic E-state index is 0.0275. The summed E-state index contributed by atoms with van der Waals surface area (Å²) in [7, 11) is 0. The molecule has 1 N–H and O–H groups in total. The number of aromatic amines is 1.